The number of nitrogens with zero attached hydrogens (tertiary/aromatic N) is 3. The third kappa shape index (κ3) is 3.24. The quantitative estimate of drug-likeness (QED) is 0.744. The normalized spacial score (nSPS) is 15.8. The molecule has 0 aliphatic carbocycles. The number of hydrogen-bond donors (Lipinski definition) is 1. The van der Waals surface area contributed by atoms with E-state index in [1.54, 1.807) is 18.0 Å². The molecule has 2 aromatic carbocycles. The van der Waals surface area contributed by atoms with Crippen LogP contribution in [0.1, 0.15) is 33.2 Å². The molecule has 1 aromatic heterocycles. The molecule has 1 atom stereocenters. The Morgan fingerprint density at radius 1 is 0.966 bits per heavy atom. The minimum atomic E-state index is -0.691. The van der Waals surface area contributed by atoms with Crippen LogP contribution < -0.4 is 16.6 Å². The summed E-state index contributed by atoms with van der Waals surface area (Å²) in [6, 6.07) is 15.2. The van der Waals surface area contributed by atoms with E-state index in [1.165, 1.54) is 17.8 Å². The topological polar surface area (TPSA) is 76.3 Å². The fraction of sp³-hybridized carbons (Fsp3) is 0.227. The molecule has 4 rings (SSSR count). The van der Waals surface area contributed by atoms with Crippen molar-refractivity contribution in [2.45, 2.75) is 19.6 Å². The van der Waals surface area contributed by atoms with Gasteiger partial charge in [-0.1, -0.05) is 42.0 Å². The molecule has 1 aliphatic heterocycles. The zero-order valence-electron chi connectivity index (χ0n) is 16.5. The smallest absolute Gasteiger partial charge is 0.330 e. The number of nitrogens with one attached hydrogen (secondary N) is 1. The van der Waals surface area contributed by atoms with Gasteiger partial charge in [-0.05, 0) is 24.6 Å². The van der Waals surface area contributed by atoms with Gasteiger partial charge in [0.25, 0.3) is 11.5 Å². The molecule has 148 valence electrons. The lowest BCUT2D eigenvalue weighted by Gasteiger charge is -2.38. The van der Waals surface area contributed by atoms with Crippen LogP contribution in [0.15, 0.2) is 64.3 Å². The Morgan fingerprint density at radius 2 is 1.66 bits per heavy atom. The average molecular weight is 390 g/mol. The number of para-hydroxylation sites is 1. The average Bonchev–Trinajstić information content (AvgIpc) is 2.72. The highest BCUT2D eigenvalue weighted by molar-refractivity contribution is 6.01. The molecule has 1 amide bonds. The minimum Gasteiger partial charge on any atom is -0.361 e. The third-order valence-electron chi connectivity index (χ3n) is 5.26. The zero-order chi connectivity index (χ0) is 20.7. The number of fused-ring (bicyclic) bond motifs is 1. The zero-order valence-corrected chi connectivity index (χ0v) is 16.5. The van der Waals surface area contributed by atoms with Gasteiger partial charge >= 0.3 is 5.69 Å². The van der Waals surface area contributed by atoms with E-state index in [-0.39, 0.29) is 5.91 Å². The first-order chi connectivity index (χ1) is 13.9. The van der Waals surface area contributed by atoms with E-state index in [2.05, 4.69) is 5.32 Å². The van der Waals surface area contributed by atoms with Crippen LogP contribution in [0.5, 0.6) is 0 Å². The van der Waals surface area contributed by atoms with E-state index in [0.29, 0.717) is 23.4 Å². The molecule has 0 fully saturated rings. The Bertz CT molecular complexity index is 1210. The number of benzene rings is 2. The summed E-state index contributed by atoms with van der Waals surface area (Å²) in [6.45, 7) is 2.34. The van der Waals surface area contributed by atoms with Gasteiger partial charge < -0.3 is 14.8 Å². The Balaban J connectivity index is 1.85. The number of anilines is 1. The first-order valence-electron chi connectivity index (χ1n) is 9.35. The molecule has 0 saturated carbocycles. The number of aromatic nitrogens is 2. The largest absolute Gasteiger partial charge is 0.361 e. The molecule has 7 heteroatoms. The molecule has 0 bridgehead atoms. The van der Waals surface area contributed by atoms with Crippen LogP contribution >= 0.6 is 0 Å². The Morgan fingerprint density at radius 3 is 2.38 bits per heavy atom. The maximum Gasteiger partial charge on any atom is 0.330 e. The fourth-order valence-electron chi connectivity index (χ4n) is 3.62. The number of carbonyl (C=O) groups excluding carboxylic acids is 1. The Labute approximate surface area is 167 Å². The molecule has 3 aromatic rings. The molecular formula is C22H22N4O3. The van der Waals surface area contributed by atoms with Gasteiger partial charge in [0.2, 0.25) is 0 Å². The second kappa shape index (κ2) is 7.09. The molecule has 0 saturated heterocycles. The van der Waals surface area contributed by atoms with Crippen molar-refractivity contribution in [1.82, 2.24) is 14.0 Å². The first kappa shape index (κ1) is 18.7. The molecule has 1 aliphatic rings. The van der Waals surface area contributed by atoms with Gasteiger partial charge in [-0.3, -0.25) is 14.2 Å². The van der Waals surface area contributed by atoms with Gasteiger partial charge in [0.15, 0.2) is 0 Å². The molecule has 0 radical (unpaired) electrons. The summed E-state index contributed by atoms with van der Waals surface area (Å²) in [5.41, 5.74) is 2.81. The molecule has 1 N–H and O–H groups in total. The van der Waals surface area contributed by atoms with E-state index < -0.39 is 17.4 Å². The summed E-state index contributed by atoms with van der Waals surface area (Å²) in [5, 5.41) is 3.32. The standard InChI is InChI=1S/C22H22N4O3/c1-14-8-10-15(11-9-14)12-26-19(17-13-24(2)22(29)25(3)20(17)27)23-18-7-5-4-6-16(18)21(26)28/h4-11,13,19,23H,12H2,1-3H3/t19-/m0/s1. The number of amides is 1. The Hall–Kier alpha value is -3.61. The van der Waals surface area contributed by atoms with Crippen LogP contribution in [-0.2, 0) is 20.6 Å². The maximum atomic E-state index is 13.3. The monoisotopic (exact) mass is 390 g/mol. The van der Waals surface area contributed by atoms with E-state index in [9.17, 15) is 14.4 Å². The van der Waals surface area contributed by atoms with Gasteiger partial charge in [0, 0.05) is 32.5 Å². The van der Waals surface area contributed by atoms with E-state index >= 15 is 0 Å². The predicted octanol–water partition coefficient (Wildman–Crippen LogP) is 2.16. The SMILES string of the molecule is Cc1ccc(CN2C(=O)c3ccccc3N[C@@H]2c2cn(C)c(=O)n(C)c2=O)cc1. The molecule has 2 heterocycles. The van der Waals surface area contributed by atoms with Crippen LogP contribution in [0.3, 0.4) is 0 Å². The van der Waals surface area contributed by atoms with Crippen molar-refractivity contribution in [3.63, 3.8) is 0 Å². The number of rotatable bonds is 3. The summed E-state index contributed by atoms with van der Waals surface area (Å²) >= 11 is 0. The van der Waals surface area contributed by atoms with E-state index in [4.69, 9.17) is 0 Å². The van der Waals surface area contributed by atoms with E-state index in [0.717, 1.165) is 15.7 Å². The van der Waals surface area contributed by atoms with Crippen molar-refractivity contribution < 1.29 is 4.79 Å². The second-order valence-corrected chi connectivity index (χ2v) is 7.35. The number of carbonyl (C=O) groups is 1. The van der Waals surface area contributed by atoms with Crippen LogP contribution in [-0.4, -0.2) is 19.9 Å². The summed E-state index contributed by atoms with van der Waals surface area (Å²) < 4.78 is 2.42. The summed E-state index contributed by atoms with van der Waals surface area (Å²) in [6.07, 6.45) is 0.815. The molecule has 0 spiro atoms. The highest BCUT2D eigenvalue weighted by atomic mass is 16.2. The fourth-order valence-corrected chi connectivity index (χ4v) is 3.62. The predicted molar refractivity (Wildman–Crippen MR) is 111 cm³/mol. The number of hydrogen-bond acceptors (Lipinski definition) is 4. The third-order valence-corrected chi connectivity index (χ3v) is 5.26. The van der Waals surface area contributed by atoms with E-state index in [1.807, 2.05) is 49.4 Å². The van der Waals surface area contributed by atoms with Gasteiger partial charge in [-0.25, -0.2) is 4.79 Å². The van der Waals surface area contributed by atoms with Gasteiger partial charge in [-0.15, -0.1) is 0 Å². The van der Waals surface area contributed by atoms with Gasteiger partial charge in [-0.2, -0.15) is 0 Å². The van der Waals surface area contributed by atoms with Crippen LogP contribution in [0.2, 0.25) is 0 Å². The minimum absolute atomic E-state index is 0.166. The van der Waals surface area contributed by atoms with Gasteiger partial charge in [0.1, 0.15) is 6.17 Å². The van der Waals surface area contributed by atoms with Crippen LogP contribution in [0, 0.1) is 6.92 Å². The molecule has 7 nitrogen and oxygen atoms in total. The van der Waals surface area contributed by atoms with Crippen molar-refractivity contribution >= 4 is 11.6 Å². The lowest BCUT2D eigenvalue weighted by atomic mass is 10.0. The summed E-state index contributed by atoms with van der Waals surface area (Å²) in [5.74, 6) is -0.166. The Kier molecular flexibility index (Phi) is 4.58. The first-order valence-corrected chi connectivity index (χ1v) is 9.35. The maximum absolute atomic E-state index is 13.3. The highest BCUT2D eigenvalue weighted by Crippen LogP contribution is 2.32. The second-order valence-electron chi connectivity index (χ2n) is 7.35. The van der Waals surface area contributed by atoms with Crippen molar-refractivity contribution in [1.29, 1.82) is 0 Å². The van der Waals surface area contributed by atoms with Crippen molar-refractivity contribution in [3.8, 4) is 0 Å². The number of aryl methyl sites for hydroxylation is 2. The summed E-state index contributed by atoms with van der Waals surface area (Å²) in [4.78, 5) is 40.0. The lowest BCUT2D eigenvalue weighted by Crippen LogP contribution is -2.47. The van der Waals surface area contributed by atoms with Gasteiger partial charge in [0.05, 0.1) is 11.1 Å². The summed E-state index contributed by atoms with van der Waals surface area (Å²) in [7, 11) is 3.03. The van der Waals surface area contributed by atoms with Crippen LogP contribution in [0.25, 0.3) is 0 Å². The van der Waals surface area contributed by atoms with Crippen molar-refractivity contribution in [2.75, 3.05) is 5.32 Å². The molecule has 29 heavy (non-hydrogen) atoms. The molecular weight excluding hydrogens is 368 g/mol. The van der Waals surface area contributed by atoms with Crippen molar-refractivity contribution in [2.24, 2.45) is 14.1 Å². The van der Waals surface area contributed by atoms with Crippen molar-refractivity contribution in [3.05, 3.63) is 97.8 Å². The lowest BCUT2D eigenvalue weighted by molar-refractivity contribution is 0.0664. The molecule has 0 unspecified atom stereocenters. The van der Waals surface area contributed by atoms with Crippen LogP contribution in [0.4, 0.5) is 5.69 Å². The highest BCUT2D eigenvalue weighted by Gasteiger charge is 2.34.